The monoisotopic (exact) mass is 745 g/mol. The van der Waals surface area contributed by atoms with E-state index in [1.54, 1.807) is 25.7 Å². The maximum Gasteiger partial charge on any atom is 0.315 e. The number of likely N-dealkylation sites (tertiary alicyclic amines) is 1. The van der Waals surface area contributed by atoms with E-state index in [-0.39, 0.29) is 40.9 Å². The lowest BCUT2D eigenvalue weighted by Crippen LogP contribution is -2.65. The van der Waals surface area contributed by atoms with Gasteiger partial charge in [-0.1, -0.05) is 72.1 Å². The Balaban J connectivity index is 1.24. The number of nitrogens with one attached hydrogen (secondary N) is 4. The number of carbonyl (C=O) groups is 5. The molecule has 0 aromatic rings. The van der Waals surface area contributed by atoms with E-state index in [0.29, 0.717) is 25.8 Å². The Labute approximate surface area is 310 Å². The number of nitrogens with zero attached hydrogens (tertiary/aromatic N) is 1. The molecule has 6 aliphatic rings. The molecule has 5 amide bonds. The van der Waals surface area contributed by atoms with Crippen LogP contribution < -0.4 is 21.3 Å². The highest BCUT2D eigenvalue weighted by molar-refractivity contribution is 7.92. The summed E-state index contributed by atoms with van der Waals surface area (Å²) in [7, 11) is -3.56. The second-order valence-electron chi connectivity index (χ2n) is 19.2. The molecule has 4 N–H and O–H groups in total. The summed E-state index contributed by atoms with van der Waals surface area (Å²) in [5, 5.41) is 11.9. The molecule has 0 radical (unpaired) electrons. The third-order valence-corrected chi connectivity index (χ3v) is 16.4. The van der Waals surface area contributed by atoms with Crippen LogP contribution in [0.2, 0.25) is 0 Å². The molecule has 5 atom stereocenters. The summed E-state index contributed by atoms with van der Waals surface area (Å²) < 4.78 is 25.9. The molecule has 13 heteroatoms. The number of fused-ring (bicyclic) bond motifs is 1. The van der Waals surface area contributed by atoms with Crippen LogP contribution >= 0.6 is 0 Å². The third-order valence-electron chi connectivity index (χ3n) is 13.6. The Morgan fingerprint density at radius 2 is 1.42 bits per heavy atom. The second-order valence-corrected chi connectivity index (χ2v) is 21.9. The van der Waals surface area contributed by atoms with Crippen LogP contribution in [0.1, 0.15) is 138 Å². The first-order chi connectivity index (χ1) is 24.3. The molecule has 52 heavy (non-hydrogen) atoms. The molecule has 1 heterocycles. The van der Waals surface area contributed by atoms with Crippen molar-refractivity contribution in [2.45, 2.75) is 172 Å². The van der Waals surface area contributed by atoms with Gasteiger partial charge in [-0.2, -0.15) is 0 Å². The van der Waals surface area contributed by atoms with Crippen LogP contribution in [0.5, 0.6) is 0 Å². The van der Waals surface area contributed by atoms with E-state index < -0.39 is 67.3 Å². The molecular weight excluding hydrogens is 683 g/mol. The minimum absolute atomic E-state index is 0.0170. The number of hydrogen-bond donors (Lipinski definition) is 4. The highest BCUT2D eigenvalue weighted by Gasteiger charge is 2.70. The van der Waals surface area contributed by atoms with Crippen molar-refractivity contribution in [1.82, 2.24) is 26.2 Å². The van der Waals surface area contributed by atoms with E-state index in [0.717, 1.165) is 77.0 Å². The van der Waals surface area contributed by atoms with Crippen molar-refractivity contribution in [3.8, 4) is 0 Å². The number of amides is 5. The van der Waals surface area contributed by atoms with Gasteiger partial charge in [0.25, 0.3) is 5.91 Å². The number of Topliss-reactive ketones (excluding diaryl/α,β-unsaturated/α-hetero) is 1. The summed E-state index contributed by atoms with van der Waals surface area (Å²) in [5.74, 6) is -1.96. The molecule has 292 valence electrons. The molecule has 0 aromatic carbocycles. The first kappa shape index (κ1) is 39.0. The standard InChI is InChI=1S/C39H63N5O7S/c1-36(2,3)52(50,51)23-39(19-11-8-12-20-39)43-35(49)42-31(38(6)17-9-7-10-18-38)34(48)44-22-26-28(37(26,4)5)29(44)32(46)41-27(21-24-13-14-24)30(45)33(47)40-25-15-16-25/h24-29,31H,7-23H2,1-6H3,(H,40,47)(H,41,46)(H2,42,43,49)/t26-,27?,28-,29-,31+/m0/s1. The number of carbonyl (C=O) groups excluding carboxylic acids is 5. The number of rotatable bonds is 13. The zero-order valence-electron chi connectivity index (χ0n) is 32.3. The molecule has 1 saturated heterocycles. The lowest BCUT2D eigenvalue weighted by molar-refractivity contribution is -0.146. The molecule has 0 spiro atoms. The maximum atomic E-state index is 14.9. The van der Waals surface area contributed by atoms with Crippen LogP contribution in [0.25, 0.3) is 0 Å². The van der Waals surface area contributed by atoms with Crippen molar-refractivity contribution >= 4 is 39.4 Å². The summed E-state index contributed by atoms with van der Waals surface area (Å²) in [4.78, 5) is 71.2. The summed E-state index contributed by atoms with van der Waals surface area (Å²) in [6.07, 6.45) is 12.0. The van der Waals surface area contributed by atoms with Crippen LogP contribution in [-0.4, -0.2) is 89.6 Å². The molecular formula is C39H63N5O7S. The first-order valence-corrected chi connectivity index (χ1v) is 21.7. The second kappa shape index (κ2) is 14.2. The fraction of sp³-hybridized carbons (Fsp3) is 0.872. The molecule has 1 unspecified atom stereocenters. The largest absolute Gasteiger partial charge is 0.347 e. The van der Waals surface area contributed by atoms with Crippen molar-refractivity contribution in [1.29, 1.82) is 0 Å². The lowest BCUT2D eigenvalue weighted by Gasteiger charge is -2.44. The molecule has 6 fully saturated rings. The maximum absolute atomic E-state index is 14.9. The van der Waals surface area contributed by atoms with E-state index >= 15 is 0 Å². The minimum atomic E-state index is -3.56. The van der Waals surface area contributed by atoms with Gasteiger partial charge in [0.15, 0.2) is 9.84 Å². The van der Waals surface area contributed by atoms with E-state index in [4.69, 9.17) is 0 Å². The Bertz CT molecular complexity index is 1530. The van der Waals surface area contributed by atoms with Gasteiger partial charge in [-0.05, 0) is 94.3 Å². The molecule has 0 bridgehead atoms. The summed E-state index contributed by atoms with van der Waals surface area (Å²) in [5.41, 5.74) is -1.69. The van der Waals surface area contributed by atoms with Gasteiger partial charge < -0.3 is 26.2 Å². The fourth-order valence-corrected chi connectivity index (χ4v) is 11.0. The van der Waals surface area contributed by atoms with Crippen LogP contribution in [0.3, 0.4) is 0 Å². The summed E-state index contributed by atoms with van der Waals surface area (Å²) in [6.45, 7) is 11.6. The Hall–Kier alpha value is -2.70. The Morgan fingerprint density at radius 3 is 1.98 bits per heavy atom. The predicted molar refractivity (Wildman–Crippen MR) is 198 cm³/mol. The van der Waals surface area contributed by atoms with Gasteiger partial charge >= 0.3 is 6.03 Å². The first-order valence-electron chi connectivity index (χ1n) is 20.0. The summed E-state index contributed by atoms with van der Waals surface area (Å²) in [6, 6.07) is -3.27. The predicted octanol–water partition coefficient (Wildman–Crippen LogP) is 4.16. The van der Waals surface area contributed by atoms with Crippen LogP contribution in [0.15, 0.2) is 0 Å². The van der Waals surface area contributed by atoms with Gasteiger partial charge in [0.1, 0.15) is 12.1 Å². The van der Waals surface area contributed by atoms with Crippen molar-refractivity contribution in [2.24, 2.45) is 28.6 Å². The smallest absolute Gasteiger partial charge is 0.315 e. The third kappa shape index (κ3) is 8.19. The molecule has 0 aromatic heterocycles. The topological polar surface area (TPSA) is 171 Å². The molecule has 1 aliphatic heterocycles. The quantitative estimate of drug-likeness (QED) is 0.205. The fourth-order valence-electron chi connectivity index (χ4n) is 9.50. The normalized spacial score (nSPS) is 28.8. The van der Waals surface area contributed by atoms with Gasteiger partial charge in [0.2, 0.25) is 17.6 Å². The average molecular weight is 746 g/mol. The highest BCUT2D eigenvalue weighted by atomic mass is 32.2. The average Bonchev–Trinajstić information content (AvgIpc) is 4.02. The number of urea groups is 1. The van der Waals surface area contributed by atoms with Gasteiger partial charge in [0, 0.05) is 12.6 Å². The van der Waals surface area contributed by atoms with Crippen molar-refractivity contribution in [3.63, 3.8) is 0 Å². The summed E-state index contributed by atoms with van der Waals surface area (Å²) >= 11 is 0. The van der Waals surface area contributed by atoms with Crippen LogP contribution in [0, 0.1) is 28.6 Å². The van der Waals surface area contributed by atoms with Gasteiger partial charge in [-0.25, -0.2) is 13.2 Å². The van der Waals surface area contributed by atoms with E-state index in [2.05, 4.69) is 35.1 Å². The Kier molecular flexibility index (Phi) is 10.6. The van der Waals surface area contributed by atoms with Crippen LogP contribution in [-0.2, 0) is 29.0 Å². The molecule has 5 saturated carbocycles. The zero-order chi connectivity index (χ0) is 37.9. The van der Waals surface area contributed by atoms with Gasteiger partial charge in [0.05, 0.1) is 22.1 Å². The lowest BCUT2D eigenvalue weighted by atomic mass is 9.70. The van der Waals surface area contributed by atoms with E-state index in [1.165, 1.54) is 0 Å². The molecule has 5 aliphatic carbocycles. The van der Waals surface area contributed by atoms with Gasteiger partial charge in [-0.15, -0.1) is 0 Å². The number of hydrogen-bond acceptors (Lipinski definition) is 7. The molecule has 12 nitrogen and oxygen atoms in total. The van der Waals surface area contributed by atoms with E-state index in [1.807, 2.05) is 6.92 Å². The van der Waals surface area contributed by atoms with E-state index in [9.17, 15) is 32.4 Å². The Morgan fingerprint density at radius 1 is 0.827 bits per heavy atom. The number of ketones is 1. The van der Waals surface area contributed by atoms with Crippen molar-refractivity contribution in [3.05, 3.63) is 0 Å². The number of piperidine rings is 1. The highest BCUT2D eigenvalue weighted by Crippen LogP contribution is 2.65. The van der Waals surface area contributed by atoms with Crippen molar-refractivity contribution in [2.75, 3.05) is 12.3 Å². The number of sulfone groups is 1. The molecule has 6 rings (SSSR count). The van der Waals surface area contributed by atoms with Crippen molar-refractivity contribution < 1.29 is 32.4 Å². The minimum Gasteiger partial charge on any atom is -0.347 e. The van der Waals surface area contributed by atoms with Crippen LogP contribution in [0.4, 0.5) is 4.79 Å². The van der Waals surface area contributed by atoms with Gasteiger partial charge in [-0.3, -0.25) is 19.2 Å². The zero-order valence-corrected chi connectivity index (χ0v) is 33.1. The SMILES string of the molecule is CC1([C@H](NC(=O)NC2(CS(=O)(=O)C(C)(C)C)CCCCC2)C(=O)N2C[C@H]3[C@@H]([C@H]2C(=O)NC(CC2CC2)C(=O)C(=O)NC2CC2)C3(C)C)CCCCC1.